The Morgan fingerprint density at radius 3 is 1.95 bits per heavy atom. The summed E-state index contributed by atoms with van der Waals surface area (Å²) in [5, 5.41) is 15.7. The quantitative estimate of drug-likeness (QED) is 0.244. The largest absolute Gasteiger partial charge is 0.444 e. The van der Waals surface area contributed by atoms with E-state index >= 15 is 0 Å². The van der Waals surface area contributed by atoms with Crippen LogP contribution in [0.4, 0.5) is 31.8 Å². The highest BCUT2D eigenvalue weighted by molar-refractivity contribution is 5.91. The van der Waals surface area contributed by atoms with Crippen LogP contribution in [0.25, 0.3) is 0 Å². The van der Waals surface area contributed by atoms with E-state index in [2.05, 4.69) is 26.1 Å². The van der Waals surface area contributed by atoms with Gasteiger partial charge in [-0.15, -0.1) is 5.10 Å². The van der Waals surface area contributed by atoms with Gasteiger partial charge in [-0.25, -0.2) is 23.9 Å². The van der Waals surface area contributed by atoms with Gasteiger partial charge in [0.05, 0.1) is 0 Å². The number of amides is 3. The molecule has 0 spiro atoms. The van der Waals surface area contributed by atoms with Crippen LogP contribution in [-0.2, 0) is 39.3 Å². The van der Waals surface area contributed by atoms with Crippen LogP contribution >= 0.6 is 0 Å². The number of aromatic nitrogens is 4. The third kappa shape index (κ3) is 10.1. The molecule has 0 radical (unpaired) electrons. The molecule has 42 heavy (non-hydrogen) atoms. The first-order valence-electron chi connectivity index (χ1n) is 12.8. The number of aryl methyl sites for hydroxylation is 1. The lowest BCUT2D eigenvalue weighted by Crippen LogP contribution is -2.28. The van der Waals surface area contributed by atoms with Crippen molar-refractivity contribution in [2.75, 3.05) is 16.0 Å². The summed E-state index contributed by atoms with van der Waals surface area (Å²) in [7, 11) is 1.52. The minimum atomic E-state index is -0.849. The molecule has 0 aliphatic carbocycles. The number of carbonyl (C=O) groups excluding carboxylic acids is 4. The van der Waals surface area contributed by atoms with Gasteiger partial charge >= 0.3 is 24.2 Å². The zero-order valence-electron chi connectivity index (χ0n) is 24.5. The number of hydrogen-bond acceptors (Lipinski definition) is 10. The highest BCUT2D eigenvalue weighted by Crippen LogP contribution is 2.19. The van der Waals surface area contributed by atoms with Gasteiger partial charge in [-0.3, -0.25) is 20.6 Å². The first-order chi connectivity index (χ1) is 19.6. The summed E-state index contributed by atoms with van der Waals surface area (Å²) in [4.78, 5) is 49.5. The first kappa shape index (κ1) is 31.4. The average molecular weight is 586 g/mol. The maximum atomic E-state index is 12.7. The molecular weight excluding hydrogens is 550 g/mol. The Balaban J connectivity index is 1.69. The van der Waals surface area contributed by atoms with Gasteiger partial charge in [0.25, 0.3) is 0 Å². The number of ether oxygens (including phenoxy) is 4. The van der Waals surface area contributed by atoms with Crippen molar-refractivity contribution in [2.24, 2.45) is 7.05 Å². The Morgan fingerprint density at radius 1 is 0.762 bits per heavy atom. The van der Waals surface area contributed by atoms with Crippen molar-refractivity contribution in [3.05, 3.63) is 53.7 Å². The fraction of sp³-hybridized carbons (Fsp3) is 0.407. The number of anilines is 3. The molecule has 0 atom stereocenters. The van der Waals surface area contributed by atoms with Gasteiger partial charge in [-0.2, -0.15) is 5.10 Å². The highest BCUT2D eigenvalue weighted by Gasteiger charge is 2.22. The van der Waals surface area contributed by atoms with E-state index in [1.807, 2.05) is 18.2 Å². The first-order valence-corrected chi connectivity index (χ1v) is 12.8. The normalized spacial score (nSPS) is 11.3. The molecule has 3 amide bonds. The lowest BCUT2D eigenvalue weighted by atomic mass is 10.2. The zero-order chi connectivity index (χ0) is 31.1. The van der Waals surface area contributed by atoms with Gasteiger partial charge in [0.2, 0.25) is 0 Å². The van der Waals surface area contributed by atoms with E-state index in [0.29, 0.717) is 0 Å². The third-order valence-electron chi connectivity index (χ3n) is 4.89. The Kier molecular flexibility index (Phi) is 9.78. The second kappa shape index (κ2) is 13.1. The molecule has 0 bridgehead atoms. The SMILES string of the molecule is Cn1nc(C(=O)OCn2nc(NC(=O)OCc3ccccc3)cc2NC(=O)OC(C)(C)C)cc1NC(=O)OC(C)(C)C. The van der Waals surface area contributed by atoms with Crippen LogP contribution in [0.15, 0.2) is 42.5 Å². The maximum Gasteiger partial charge on any atom is 0.413 e. The number of hydrogen-bond donors (Lipinski definition) is 3. The number of carbonyl (C=O) groups is 4. The van der Waals surface area contributed by atoms with E-state index in [1.165, 1.54) is 23.9 Å². The third-order valence-corrected chi connectivity index (χ3v) is 4.89. The maximum absolute atomic E-state index is 12.7. The van der Waals surface area contributed by atoms with Crippen LogP contribution in [0, 0.1) is 0 Å². The van der Waals surface area contributed by atoms with E-state index in [1.54, 1.807) is 53.7 Å². The molecule has 0 saturated carbocycles. The molecule has 0 unspecified atom stereocenters. The van der Waals surface area contributed by atoms with Gasteiger partial charge in [0.15, 0.2) is 18.2 Å². The van der Waals surface area contributed by atoms with Crippen LogP contribution in [0.3, 0.4) is 0 Å². The van der Waals surface area contributed by atoms with Crippen LogP contribution < -0.4 is 16.0 Å². The van der Waals surface area contributed by atoms with E-state index in [4.69, 9.17) is 18.9 Å². The summed E-state index contributed by atoms with van der Waals surface area (Å²) in [5.74, 6) is -0.582. The molecule has 0 aliphatic heterocycles. The van der Waals surface area contributed by atoms with E-state index in [9.17, 15) is 19.2 Å². The fourth-order valence-corrected chi connectivity index (χ4v) is 3.23. The lowest BCUT2D eigenvalue weighted by Gasteiger charge is -2.19. The van der Waals surface area contributed by atoms with Gasteiger partial charge in [0.1, 0.15) is 29.4 Å². The highest BCUT2D eigenvalue weighted by atomic mass is 16.6. The zero-order valence-corrected chi connectivity index (χ0v) is 24.5. The molecule has 15 nitrogen and oxygen atoms in total. The van der Waals surface area contributed by atoms with Gasteiger partial charge in [0, 0.05) is 19.2 Å². The van der Waals surface area contributed by atoms with E-state index < -0.39 is 42.2 Å². The molecule has 3 N–H and O–H groups in total. The summed E-state index contributed by atoms with van der Waals surface area (Å²) in [5.41, 5.74) is -0.823. The summed E-state index contributed by atoms with van der Waals surface area (Å²) in [6, 6.07) is 11.7. The standard InChI is InChI=1S/C27H35N7O8/c1-26(2,3)41-24(37)29-20-13-18(31-33(20)7)22(35)40-16-34-21(30-25(38)42-27(4,5)6)14-19(32-34)28-23(36)39-15-17-11-9-8-10-12-17/h8-14H,15-16H2,1-7H3,(H,29,37)(H,30,38)(H,28,32,36). The minimum Gasteiger partial charge on any atom is -0.444 e. The Morgan fingerprint density at radius 2 is 1.36 bits per heavy atom. The molecule has 3 rings (SSSR count). The summed E-state index contributed by atoms with van der Waals surface area (Å²) in [6.07, 6.45) is -2.30. The minimum absolute atomic E-state index is 0.0110. The number of benzene rings is 1. The van der Waals surface area contributed by atoms with Crippen molar-refractivity contribution in [3.63, 3.8) is 0 Å². The van der Waals surface area contributed by atoms with Gasteiger partial charge in [-0.05, 0) is 47.1 Å². The molecule has 0 fully saturated rings. The number of rotatable bonds is 8. The summed E-state index contributed by atoms with van der Waals surface area (Å²) in [6.45, 7) is 9.79. The van der Waals surface area contributed by atoms with Crippen LogP contribution in [0.2, 0.25) is 0 Å². The predicted octanol–water partition coefficient (Wildman–Crippen LogP) is 4.87. The summed E-state index contributed by atoms with van der Waals surface area (Å²) >= 11 is 0. The van der Waals surface area contributed by atoms with Crippen LogP contribution in [0.5, 0.6) is 0 Å². The molecule has 15 heteroatoms. The predicted molar refractivity (Wildman–Crippen MR) is 151 cm³/mol. The van der Waals surface area contributed by atoms with Gasteiger partial charge < -0.3 is 18.9 Å². The monoisotopic (exact) mass is 585 g/mol. The van der Waals surface area contributed by atoms with Crippen molar-refractivity contribution >= 4 is 41.7 Å². The number of esters is 1. The van der Waals surface area contributed by atoms with Gasteiger partial charge in [-0.1, -0.05) is 30.3 Å². The number of nitrogens with one attached hydrogen (secondary N) is 3. The summed E-state index contributed by atoms with van der Waals surface area (Å²) < 4.78 is 23.4. The van der Waals surface area contributed by atoms with Crippen molar-refractivity contribution in [1.29, 1.82) is 0 Å². The Bertz CT molecular complexity index is 1420. The van der Waals surface area contributed by atoms with Crippen molar-refractivity contribution in [3.8, 4) is 0 Å². The lowest BCUT2D eigenvalue weighted by molar-refractivity contribution is 0.0345. The molecular formula is C27H35N7O8. The Labute approximate surface area is 242 Å². The topological polar surface area (TPSA) is 177 Å². The van der Waals surface area contributed by atoms with E-state index in [-0.39, 0.29) is 29.8 Å². The molecule has 1 aromatic carbocycles. The molecule has 3 aromatic rings. The van der Waals surface area contributed by atoms with Crippen molar-refractivity contribution in [1.82, 2.24) is 19.6 Å². The Hall–Kier alpha value is -5.08. The number of nitrogens with zero attached hydrogens (tertiary/aromatic N) is 4. The molecule has 0 saturated heterocycles. The molecule has 0 aliphatic rings. The van der Waals surface area contributed by atoms with Crippen LogP contribution in [0.1, 0.15) is 57.6 Å². The van der Waals surface area contributed by atoms with Crippen molar-refractivity contribution in [2.45, 2.75) is 66.1 Å². The molecule has 2 aromatic heterocycles. The second-order valence-electron chi connectivity index (χ2n) is 11.0. The average Bonchev–Trinajstić information content (AvgIpc) is 3.41. The molecule has 2 heterocycles. The molecule has 226 valence electrons. The van der Waals surface area contributed by atoms with Crippen molar-refractivity contribution < 1.29 is 38.1 Å². The van der Waals surface area contributed by atoms with E-state index in [0.717, 1.165) is 10.2 Å². The second-order valence-corrected chi connectivity index (χ2v) is 11.0. The smallest absolute Gasteiger partial charge is 0.413 e. The fourth-order valence-electron chi connectivity index (χ4n) is 3.23. The van der Waals surface area contributed by atoms with Crippen LogP contribution in [-0.4, -0.2) is 55.0 Å².